The number of halogens is 3. The van der Waals surface area contributed by atoms with Gasteiger partial charge in [0, 0.05) is 6.54 Å². The molecular weight excluding hydrogens is 388 g/mol. The molecule has 0 atom stereocenters. The summed E-state index contributed by atoms with van der Waals surface area (Å²) in [6.07, 6.45) is 0.803. The van der Waals surface area contributed by atoms with E-state index in [-0.39, 0.29) is 28.4 Å². The SMILES string of the molecule is CCCc1cc(F)c(C(=O)O)cc1S(=O)(=O)NCc1ccc(F)c(Cl)c1. The van der Waals surface area contributed by atoms with Crippen molar-refractivity contribution in [2.45, 2.75) is 31.2 Å². The maximum Gasteiger partial charge on any atom is 0.338 e. The summed E-state index contributed by atoms with van der Waals surface area (Å²) in [6, 6.07) is 5.48. The lowest BCUT2D eigenvalue weighted by atomic mass is 10.1. The Morgan fingerprint density at radius 2 is 1.88 bits per heavy atom. The van der Waals surface area contributed by atoms with E-state index in [0.717, 1.165) is 18.2 Å². The molecule has 0 spiro atoms. The van der Waals surface area contributed by atoms with Gasteiger partial charge in [-0.25, -0.2) is 26.7 Å². The summed E-state index contributed by atoms with van der Waals surface area (Å²) >= 11 is 5.66. The van der Waals surface area contributed by atoms with E-state index in [1.54, 1.807) is 6.92 Å². The normalized spacial score (nSPS) is 11.5. The van der Waals surface area contributed by atoms with Crippen LogP contribution in [0.25, 0.3) is 0 Å². The molecule has 0 aliphatic rings. The molecule has 140 valence electrons. The van der Waals surface area contributed by atoms with Crippen molar-refractivity contribution < 1.29 is 27.1 Å². The van der Waals surface area contributed by atoms with Gasteiger partial charge < -0.3 is 5.11 Å². The molecule has 0 aliphatic carbocycles. The Bertz CT molecular complexity index is 948. The first-order valence-corrected chi connectivity index (χ1v) is 9.51. The number of aryl methyl sites for hydroxylation is 1. The molecule has 26 heavy (non-hydrogen) atoms. The molecule has 0 saturated heterocycles. The van der Waals surface area contributed by atoms with Crippen LogP contribution in [0.2, 0.25) is 5.02 Å². The van der Waals surface area contributed by atoms with Crippen molar-refractivity contribution in [3.63, 3.8) is 0 Å². The second-order valence-electron chi connectivity index (χ2n) is 5.57. The first kappa shape index (κ1) is 20.3. The predicted molar refractivity (Wildman–Crippen MR) is 92.8 cm³/mol. The first-order valence-electron chi connectivity index (χ1n) is 7.65. The zero-order valence-corrected chi connectivity index (χ0v) is 15.3. The van der Waals surface area contributed by atoms with Crippen LogP contribution in [0.15, 0.2) is 35.2 Å². The molecule has 2 N–H and O–H groups in total. The summed E-state index contributed by atoms with van der Waals surface area (Å²) in [5.41, 5.74) is -0.132. The summed E-state index contributed by atoms with van der Waals surface area (Å²) in [5, 5.41) is 8.89. The van der Waals surface area contributed by atoms with Gasteiger partial charge in [0.1, 0.15) is 11.6 Å². The zero-order chi connectivity index (χ0) is 19.5. The first-order chi connectivity index (χ1) is 12.2. The van der Waals surface area contributed by atoms with E-state index in [1.165, 1.54) is 12.1 Å². The Balaban J connectivity index is 2.38. The Labute approximate surface area is 154 Å². The number of rotatable bonds is 7. The molecule has 0 fully saturated rings. The topological polar surface area (TPSA) is 83.5 Å². The smallest absolute Gasteiger partial charge is 0.338 e. The summed E-state index contributed by atoms with van der Waals surface area (Å²) in [5.74, 6) is -3.19. The van der Waals surface area contributed by atoms with Gasteiger partial charge in [-0.3, -0.25) is 0 Å². The van der Waals surface area contributed by atoms with Crippen LogP contribution < -0.4 is 4.72 Å². The van der Waals surface area contributed by atoms with E-state index in [9.17, 15) is 22.0 Å². The fourth-order valence-electron chi connectivity index (χ4n) is 2.38. The third-order valence-electron chi connectivity index (χ3n) is 3.64. The van der Waals surface area contributed by atoms with Crippen molar-refractivity contribution in [1.82, 2.24) is 4.72 Å². The van der Waals surface area contributed by atoms with Gasteiger partial charge in [0.25, 0.3) is 0 Å². The van der Waals surface area contributed by atoms with Crippen molar-refractivity contribution in [1.29, 1.82) is 0 Å². The number of benzene rings is 2. The molecule has 0 aromatic heterocycles. The summed E-state index contributed by atoms with van der Waals surface area (Å²) < 4.78 is 54.6. The van der Waals surface area contributed by atoms with E-state index >= 15 is 0 Å². The Morgan fingerprint density at radius 3 is 2.46 bits per heavy atom. The van der Waals surface area contributed by atoms with Crippen LogP contribution >= 0.6 is 11.6 Å². The van der Waals surface area contributed by atoms with Crippen LogP contribution in [-0.4, -0.2) is 19.5 Å². The number of hydrogen-bond donors (Lipinski definition) is 2. The number of hydrogen-bond acceptors (Lipinski definition) is 3. The van der Waals surface area contributed by atoms with E-state index in [1.807, 2.05) is 0 Å². The summed E-state index contributed by atoms with van der Waals surface area (Å²) in [7, 11) is -4.12. The van der Waals surface area contributed by atoms with Crippen LogP contribution in [0, 0.1) is 11.6 Å². The van der Waals surface area contributed by atoms with Crippen LogP contribution in [0.3, 0.4) is 0 Å². The molecule has 0 saturated carbocycles. The maximum absolute atomic E-state index is 13.9. The number of carboxylic acids is 1. The van der Waals surface area contributed by atoms with Gasteiger partial charge in [-0.1, -0.05) is 31.0 Å². The number of carbonyl (C=O) groups is 1. The molecule has 0 aliphatic heterocycles. The van der Waals surface area contributed by atoms with Gasteiger partial charge in [-0.15, -0.1) is 0 Å². The van der Waals surface area contributed by atoms with Crippen molar-refractivity contribution in [2.75, 3.05) is 0 Å². The Hall–Kier alpha value is -2.03. The van der Waals surface area contributed by atoms with E-state index in [2.05, 4.69) is 4.72 Å². The molecule has 0 unspecified atom stereocenters. The lowest BCUT2D eigenvalue weighted by molar-refractivity contribution is 0.0691. The van der Waals surface area contributed by atoms with Gasteiger partial charge in [0.15, 0.2) is 0 Å². The molecule has 0 amide bonds. The van der Waals surface area contributed by atoms with Crippen LogP contribution in [0.5, 0.6) is 0 Å². The zero-order valence-electron chi connectivity index (χ0n) is 13.7. The van der Waals surface area contributed by atoms with Crippen LogP contribution in [0.1, 0.15) is 34.8 Å². The van der Waals surface area contributed by atoms with Crippen molar-refractivity contribution in [3.05, 3.63) is 63.7 Å². The summed E-state index contributed by atoms with van der Waals surface area (Å²) in [6.45, 7) is 1.60. The van der Waals surface area contributed by atoms with Gasteiger partial charge >= 0.3 is 5.97 Å². The van der Waals surface area contributed by atoms with E-state index in [4.69, 9.17) is 16.7 Å². The van der Waals surface area contributed by atoms with Crippen LogP contribution in [0.4, 0.5) is 8.78 Å². The standard InChI is InChI=1S/C17H16ClF2NO4S/c1-2-3-11-7-15(20)12(17(22)23)8-16(11)26(24,25)21-9-10-4-5-14(19)13(18)6-10/h4-8,21H,2-3,9H2,1H3,(H,22,23). The molecule has 0 bridgehead atoms. The predicted octanol–water partition coefficient (Wildman–Crippen LogP) is 3.75. The minimum absolute atomic E-state index is 0.150. The van der Waals surface area contributed by atoms with Gasteiger partial charge in [0.05, 0.1) is 15.5 Å². The van der Waals surface area contributed by atoms with Gasteiger partial charge in [-0.2, -0.15) is 0 Å². The van der Waals surface area contributed by atoms with E-state index < -0.39 is 33.2 Å². The Kier molecular flexibility index (Phi) is 6.33. The lowest BCUT2D eigenvalue weighted by Gasteiger charge is -2.13. The second kappa shape index (κ2) is 8.11. The maximum atomic E-state index is 13.9. The monoisotopic (exact) mass is 403 g/mol. The molecule has 0 heterocycles. The van der Waals surface area contributed by atoms with Gasteiger partial charge in [-0.05, 0) is 41.8 Å². The highest BCUT2D eigenvalue weighted by Crippen LogP contribution is 2.23. The fourth-order valence-corrected chi connectivity index (χ4v) is 3.87. The van der Waals surface area contributed by atoms with Gasteiger partial charge in [0.2, 0.25) is 10.0 Å². The fraction of sp³-hybridized carbons (Fsp3) is 0.235. The molecule has 0 radical (unpaired) electrons. The molecule has 5 nitrogen and oxygen atoms in total. The lowest BCUT2D eigenvalue weighted by Crippen LogP contribution is -2.25. The molecule has 2 aromatic carbocycles. The number of sulfonamides is 1. The highest BCUT2D eigenvalue weighted by atomic mass is 35.5. The van der Waals surface area contributed by atoms with Crippen molar-refractivity contribution in [2.24, 2.45) is 0 Å². The van der Waals surface area contributed by atoms with Crippen molar-refractivity contribution in [3.8, 4) is 0 Å². The largest absolute Gasteiger partial charge is 0.478 e. The third-order valence-corrected chi connectivity index (χ3v) is 5.41. The van der Waals surface area contributed by atoms with Crippen molar-refractivity contribution >= 4 is 27.6 Å². The Morgan fingerprint density at radius 1 is 1.19 bits per heavy atom. The minimum atomic E-state index is -4.12. The number of carboxylic acid groups (broad SMARTS) is 1. The molecule has 2 aromatic rings. The highest BCUT2D eigenvalue weighted by Gasteiger charge is 2.23. The third kappa shape index (κ3) is 4.57. The number of nitrogens with one attached hydrogen (secondary N) is 1. The quantitative estimate of drug-likeness (QED) is 0.737. The van der Waals surface area contributed by atoms with E-state index in [0.29, 0.717) is 12.0 Å². The average Bonchev–Trinajstić information content (AvgIpc) is 2.56. The second-order valence-corrected chi connectivity index (χ2v) is 7.71. The van der Waals surface area contributed by atoms with Crippen LogP contribution in [-0.2, 0) is 23.0 Å². The summed E-state index contributed by atoms with van der Waals surface area (Å²) in [4.78, 5) is 10.8. The average molecular weight is 404 g/mol. The highest BCUT2D eigenvalue weighted by molar-refractivity contribution is 7.89. The number of aromatic carboxylic acids is 1. The molecule has 2 rings (SSSR count). The molecule has 9 heteroatoms. The minimum Gasteiger partial charge on any atom is -0.478 e. The molecular formula is C17H16ClF2NO4S.